The molecule has 2 N–H and O–H groups in total. The number of rotatable bonds is 7. The van der Waals surface area contributed by atoms with Crippen LogP contribution in [0.3, 0.4) is 0 Å². The summed E-state index contributed by atoms with van der Waals surface area (Å²) in [6.45, 7) is 7.84. The molecule has 0 saturated carbocycles. The van der Waals surface area contributed by atoms with Gasteiger partial charge in [0.05, 0.1) is 4.99 Å². The van der Waals surface area contributed by atoms with Crippen LogP contribution in [0.5, 0.6) is 0 Å². The van der Waals surface area contributed by atoms with Crippen LogP contribution in [0, 0.1) is 5.92 Å². The first-order chi connectivity index (χ1) is 6.51. The second-order valence-electron chi connectivity index (χ2n) is 4.19. The third-order valence-corrected chi connectivity index (χ3v) is 2.99. The number of nitrogens with two attached hydrogens (primary N) is 1. The van der Waals surface area contributed by atoms with Crippen LogP contribution in [0.15, 0.2) is 0 Å². The minimum atomic E-state index is 0.515. The molecule has 3 heteroatoms. The van der Waals surface area contributed by atoms with Crippen molar-refractivity contribution in [2.45, 2.75) is 46.1 Å². The Labute approximate surface area is 93.8 Å². The van der Waals surface area contributed by atoms with Gasteiger partial charge in [-0.2, -0.15) is 0 Å². The molecule has 0 aliphatic heterocycles. The van der Waals surface area contributed by atoms with E-state index in [0.29, 0.717) is 11.0 Å². The highest BCUT2D eigenvalue weighted by Crippen LogP contribution is 2.11. The van der Waals surface area contributed by atoms with E-state index >= 15 is 0 Å². The van der Waals surface area contributed by atoms with Gasteiger partial charge in [0.2, 0.25) is 0 Å². The van der Waals surface area contributed by atoms with Crippen molar-refractivity contribution >= 4 is 17.2 Å². The minimum Gasteiger partial charge on any atom is -0.393 e. The summed E-state index contributed by atoms with van der Waals surface area (Å²) in [5.74, 6) is 0.750. The summed E-state index contributed by atoms with van der Waals surface area (Å²) < 4.78 is 0. The van der Waals surface area contributed by atoms with Crippen LogP contribution in [0.25, 0.3) is 0 Å². The highest BCUT2D eigenvalue weighted by Gasteiger charge is 2.15. The molecule has 0 spiro atoms. The highest BCUT2D eigenvalue weighted by molar-refractivity contribution is 7.80. The van der Waals surface area contributed by atoms with Gasteiger partial charge in [0.15, 0.2) is 0 Å². The van der Waals surface area contributed by atoms with E-state index in [0.717, 1.165) is 25.3 Å². The lowest BCUT2D eigenvalue weighted by molar-refractivity contribution is 0.209. The molecule has 0 aromatic heterocycles. The van der Waals surface area contributed by atoms with Crippen molar-refractivity contribution in [1.29, 1.82) is 0 Å². The minimum absolute atomic E-state index is 0.515. The molecule has 0 fully saturated rings. The summed E-state index contributed by atoms with van der Waals surface area (Å²) in [4.78, 5) is 3.01. The lowest BCUT2D eigenvalue weighted by Gasteiger charge is -2.29. The standard InChI is InChI=1S/C11H24N2S/c1-5-9(3)8-13(4)10(6-2)7-11(12)14/h9-10H,5-8H2,1-4H3,(H2,12,14). The molecule has 84 valence electrons. The van der Waals surface area contributed by atoms with Gasteiger partial charge in [-0.05, 0) is 19.4 Å². The lowest BCUT2D eigenvalue weighted by atomic mass is 10.1. The summed E-state index contributed by atoms with van der Waals surface area (Å²) in [6.07, 6.45) is 3.19. The quantitative estimate of drug-likeness (QED) is 0.663. The van der Waals surface area contributed by atoms with Crippen molar-refractivity contribution in [3.63, 3.8) is 0 Å². The fourth-order valence-electron chi connectivity index (χ4n) is 1.61. The largest absolute Gasteiger partial charge is 0.393 e. The zero-order chi connectivity index (χ0) is 11.1. The molecule has 0 aliphatic rings. The van der Waals surface area contributed by atoms with E-state index in [1.54, 1.807) is 0 Å². The van der Waals surface area contributed by atoms with E-state index in [-0.39, 0.29) is 0 Å². The van der Waals surface area contributed by atoms with Gasteiger partial charge in [-0.25, -0.2) is 0 Å². The molecule has 0 radical (unpaired) electrons. The number of hydrogen-bond acceptors (Lipinski definition) is 2. The molecule has 0 rings (SSSR count). The van der Waals surface area contributed by atoms with E-state index < -0.39 is 0 Å². The molecule has 2 nitrogen and oxygen atoms in total. The molecule has 0 amide bonds. The van der Waals surface area contributed by atoms with Gasteiger partial charge < -0.3 is 10.6 Å². The Morgan fingerprint density at radius 2 is 1.93 bits per heavy atom. The Kier molecular flexibility index (Phi) is 7.11. The average Bonchev–Trinajstić information content (AvgIpc) is 2.13. The van der Waals surface area contributed by atoms with Crippen LogP contribution in [-0.4, -0.2) is 29.5 Å². The zero-order valence-electron chi connectivity index (χ0n) is 9.92. The van der Waals surface area contributed by atoms with Crippen molar-refractivity contribution in [2.24, 2.45) is 11.7 Å². The summed E-state index contributed by atoms with van der Waals surface area (Å²) in [7, 11) is 2.17. The molecule has 0 aromatic carbocycles. The van der Waals surface area contributed by atoms with Crippen LogP contribution in [0.1, 0.15) is 40.0 Å². The van der Waals surface area contributed by atoms with Crippen molar-refractivity contribution in [3.05, 3.63) is 0 Å². The molecule has 14 heavy (non-hydrogen) atoms. The smallest absolute Gasteiger partial charge is 0.0743 e. The summed E-state index contributed by atoms with van der Waals surface area (Å²) in [6, 6.07) is 0.515. The van der Waals surface area contributed by atoms with E-state index in [2.05, 4.69) is 32.7 Å². The van der Waals surface area contributed by atoms with Gasteiger partial charge in [0.25, 0.3) is 0 Å². The molecule has 0 saturated heterocycles. The van der Waals surface area contributed by atoms with Crippen molar-refractivity contribution in [1.82, 2.24) is 4.90 Å². The Balaban J connectivity index is 4.03. The predicted molar refractivity (Wildman–Crippen MR) is 67.6 cm³/mol. The molecule has 2 atom stereocenters. The summed E-state index contributed by atoms with van der Waals surface area (Å²) >= 11 is 4.95. The maximum absolute atomic E-state index is 5.57. The van der Waals surface area contributed by atoms with Crippen LogP contribution in [0.2, 0.25) is 0 Å². The van der Waals surface area contributed by atoms with E-state index in [1.807, 2.05) is 0 Å². The Hall–Kier alpha value is -0.150. The van der Waals surface area contributed by atoms with Crippen molar-refractivity contribution in [3.8, 4) is 0 Å². The average molecular weight is 216 g/mol. The van der Waals surface area contributed by atoms with Gasteiger partial charge in [-0.15, -0.1) is 0 Å². The normalized spacial score (nSPS) is 15.5. The lowest BCUT2D eigenvalue weighted by Crippen LogP contribution is -2.37. The van der Waals surface area contributed by atoms with Crippen LogP contribution in [-0.2, 0) is 0 Å². The predicted octanol–water partition coefficient (Wildman–Crippen LogP) is 2.42. The van der Waals surface area contributed by atoms with E-state index in [1.165, 1.54) is 6.42 Å². The first-order valence-electron chi connectivity index (χ1n) is 5.49. The van der Waals surface area contributed by atoms with Gasteiger partial charge in [-0.3, -0.25) is 0 Å². The van der Waals surface area contributed by atoms with E-state index in [4.69, 9.17) is 18.0 Å². The molecular weight excluding hydrogens is 192 g/mol. The first-order valence-corrected chi connectivity index (χ1v) is 5.90. The SMILES string of the molecule is CCC(C)CN(C)C(CC)CC(N)=S. The Morgan fingerprint density at radius 3 is 2.29 bits per heavy atom. The third kappa shape index (κ3) is 5.55. The first kappa shape index (κ1) is 13.8. The number of nitrogens with zero attached hydrogens (tertiary/aromatic N) is 1. The number of thiocarbonyl (C=S) groups is 1. The van der Waals surface area contributed by atoms with Gasteiger partial charge >= 0.3 is 0 Å². The second kappa shape index (κ2) is 7.18. The maximum Gasteiger partial charge on any atom is 0.0743 e. The zero-order valence-corrected chi connectivity index (χ0v) is 10.7. The maximum atomic E-state index is 5.57. The van der Waals surface area contributed by atoms with Crippen LogP contribution in [0.4, 0.5) is 0 Å². The fraction of sp³-hybridized carbons (Fsp3) is 0.909. The molecular formula is C11H24N2S. The summed E-state index contributed by atoms with van der Waals surface area (Å²) in [5.41, 5.74) is 5.57. The van der Waals surface area contributed by atoms with Crippen LogP contribution < -0.4 is 5.73 Å². The summed E-state index contributed by atoms with van der Waals surface area (Å²) in [5, 5.41) is 0. The van der Waals surface area contributed by atoms with E-state index in [9.17, 15) is 0 Å². The van der Waals surface area contributed by atoms with Crippen LogP contribution >= 0.6 is 12.2 Å². The molecule has 0 heterocycles. The Morgan fingerprint density at radius 1 is 1.36 bits per heavy atom. The van der Waals surface area contributed by atoms with Crippen molar-refractivity contribution in [2.75, 3.05) is 13.6 Å². The van der Waals surface area contributed by atoms with Gasteiger partial charge in [-0.1, -0.05) is 39.4 Å². The molecule has 0 aromatic rings. The monoisotopic (exact) mass is 216 g/mol. The Bertz CT molecular complexity index is 171. The molecule has 0 bridgehead atoms. The second-order valence-corrected chi connectivity index (χ2v) is 4.71. The van der Waals surface area contributed by atoms with Gasteiger partial charge in [0, 0.05) is 19.0 Å². The fourth-order valence-corrected chi connectivity index (χ4v) is 1.81. The molecule has 0 aliphatic carbocycles. The topological polar surface area (TPSA) is 29.3 Å². The number of hydrogen-bond donors (Lipinski definition) is 1. The highest BCUT2D eigenvalue weighted by atomic mass is 32.1. The van der Waals surface area contributed by atoms with Gasteiger partial charge in [0.1, 0.15) is 0 Å². The third-order valence-electron chi connectivity index (χ3n) is 2.83. The van der Waals surface area contributed by atoms with Crippen molar-refractivity contribution < 1.29 is 0 Å². The molecule has 2 unspecified atom stereocenters.